The second-order valence-corrected chi connectivity index (χ2v) is 4.51. The van der Waals surface area contributed by atoms with Crippen LogP contribution in [0.1, 0.15) is 15.9 Å². The molecule has 0 atom stereocenters. The minimum Gasteiger partial charge on any atom is -0.496 e. The first-order valence-corrected chi connectivity index (χ1v) is 6.40. The summed E-state index contributed by atoms with van der Waals surface area (Å²) in [5, 5.41) is 1.77. The summed E-state index contributed by atoms with van der Waals surface area (Å²) in [6, 6.07) is 7.31. The first-order chi connectivity index (χ1) is 9.12. The molecule has 2 aromatic rings. The zero-order chi connectivity index (χ0) is 14.0. The molecule has 19 heavy (non-hydrogen) atoms. The summed E-state index contributed by atoms with van der Waals surface area (Å²) in [7, 11) is 3.24. The number of benzene rings is 2. The van der Waals surface area contributed by atoms with Crippen molar-refractivity contribution >= 4 is 28.2 Å². The van der Waals surface area contributed by atoms with Gasteiger partial charge in [-0.2, -0.15) is 0 Å². The van der Waals surface area contributed by atoms with Crippen LogP contribution < -0.4 is 9.47 Å². The Labute approximate surface area is 117 Å². The summed E-state index contributed by atoms with van der Waals surface area (Å²) in [4.78, 5) is 11.7. The highest BCUT2D eigenvalue weighted by atomic mass is 35.5. The third-order valence-corrected chi connectivity index (χ3v) is 3.35. The lowest BCUT2D eigenvalue weighted by Crippen LogP contribution is -2.01. The fourth-order valence-electron chi connectivity index (χ4n) is 2.19. The smallest absolute Gasteiger partial charge is 0.177 e. The molecule has 0 aliphatic rings. The predicted octanol–water partition coefficient (Wildman–Crippen LogP) is 3.59. The maximum Gasteiger partial charge on any atom is 0.177 e. The van der Waals surface area contributed by atoms with E-state index in [1.54, 1.807) is 26.4 Å². The Hall–Kier alpha value is -1.74. The van der Waals surface area contributed by atoms with E-state index in [0.717, 1.165) is 27.8 Å². The number of ether oxygens (including phenoxy) is 2. The van der Waals surface area contributed by atoms with Gasteiger partial charge in [0.05, 0.1) is 20.1 Å². The van der Waals surface area contributed by atoms with E-state index in [1.165, 1.54) is 0 Å². The zero-order valence-corrected chi connectivity index (χ0v) is 11.9. The quantitative estimate of drug-likeness (QED) is 0.633. The summed E-state index contributed by atoms with van der Waals surface area (Å²) < 4.78 is 10.8. The van der Waals surface area contributed by atoms with E-state index in [4.69, 9.17) is 21.1 Å². The fraction of sp³-hybridized carbons (Fsp3) is 0.267. The third-order valence-electron chi connectivity index (χ3n) is 3.10. The van der Waals surface area contributed by atoms with Crippen LogP contribution in [-0.2, 0) is 0 Å². The van der Waals surface area contributed by atoms with Crippen LogP contribution in [-0.4, -0.2) is 25.9 Å². The van der Waals surface area contributed by atoms with Gasteiger partial charge in [-0.15, -0.1) is 11.6 Å². The van der Waals surface area contributed by atoms with Gasteiger partial charge in [-0.3, -0.25) is 4.79 Å². The summed E-state index contributed by atoms with van der Waals surface area (Å²) >= 11 is 5.59. The van der Waals surface area contributed by atoms with Gasteiger partial charge in [0, 0.05) is 16.3 Å². The van der Waals surface area contributed by atoms with Crippen molar-refractivity contribution in [2.24, 2.45) is 0 Å². The lowest BCUT2D eigenvalue weighted by molar-refractivity contribution is 0.102. The average molecular weight is 279 g/mol. The van der Waals surface area contributed by atoms with Gasteiger partial charge >= 0.3 is 0 Å². The lowest BCUT2D eigenvalue weighted by atomic mass is 10.0. The van der Waals surface area contributed by atoms with E-state index in [2.05, 4.69) is 0 Å². The van der Waals surface area contributed by atoms with Crippen LogP contribution in [0, 0.1) is 6.92 Å². The van der Waals surface area contributed by atoms with Crippen molar-refractivity contribution in [3.63, 3.8) is 0 Å². The topological polar surface area (TPSA) is 35.5 Å². The van der Waals surface area contributed by atoms with E-state index in [-0.39, 0.29) is 11.7 Å². The number of hydrogen-bond donors (Lipinski definition) is 0. The van der Waals surface area contributed by atoms with Crippen molar-refractivity contribution in [3.05, 3.63) is 35.4 Å². The van der Waals surface area contributed by atoms with Crippen LogP contribution in [0.25, 0.3) is 10.8 Å². The Morgan fingerprint density at radius 2 is 1.89 bits per heavy atom. The Morgan fingerprint density at radius 1 is 1.16 bits per heavy atom. The largest absolute Gasteiger partial charge is 0.496 e. The van der Waals surface area contributed by atoms with Crippen molar-refractivity contribution in [1.82, 2.24) is 0 Å². The minimum absolute atomic E-state index is 0.0309. The molecule has 0 fully saturated rings. The molecule has 0 heterocycles. The Kier molecular flexibility index (Phi) is 3.96. The fourth-order valence-corrected chi connectivity index (χ4v) is 2.34. The number of fused-ring (bicyclic) bond motifs is 1. The van der Waals surface area contributed by atoms with Crippen molar-refractivity contribution in [2.75, 3.05) is 20.1 Å². The molecular formula is C15H15ClO3. The SMILES string of the molecule is COc1cc(C)c(OC)c2ccc(C(=O)CCl)cc12. The molecule has 0 radical (unpaired) electrons. The van der Waals surface area contributed by atoms with Crippen molar-refractivity contribution in [1.29, 1.82) is 0 Å². The highest BCUT2D eigenvalue weighted by molar-refractivity contribution is 6.30. The van der Waals surface area contributed by atoms with Gasteiger partial charge < -0.3 is 9.47 Å². The number of carbonyl (C=O) groups excluding carboxylic acids is 1. The van der Waals surface area contributed by atoms with E-state index < -0.39 is 0 Å². The number of methoxy groups -OCH3 is 2. The van der Waals surface area contributed by atoms with Gasteiger partial charge in [0.15, 0.2) is 5.78 Å². The van der Waals surface area contributed by atoms with Gasteiger partial charge in [-0.05, 0) is 30.7 Å². The minimum atomic E-state index is -0.106. The number of hydrogen-bond acceptors (Lipinski definition) is 3. The molecule has 0 N–H and O–H groups in total. The van der Waals surface area contributed by atoms with Crippen LogP contribution in [0.15, 0.2) is 24.3 Å². The Balaban J connectivity index is 2.77. The zero-order valence-electron chi connectivity index (χ0n) is 11.1. The first kappa shape index (κ1) is 13.7. The van der Waals surface area contributed by atoms with Crippen LogP contribution >= 0.6 is 11.6 Å². The molecule has 0 saturated heterocycles. The normalized spacial score (nSPS) is 10.5. The molecular weight excluding hydrogens is 264 g/mol. The molecule has 0 bridgehead atoms. The second kappa shape index (κ2) is 5.49. The van der Waals surface area contributed by atoms with Gasteiger partial charge in [-0.25, -0.2) is 0 Å². The summed E-state index contributed by atoms with van der Waals surface area (Å²) in [5.41, 5.74) is 1.56. The van der Waals surface area contributed by atoms with Gasteiger partial charge in [-0.1, -0.05) is 6.07 Å². The Bertz CT molecular complexity index is 635. The molecule has 4 heteroatoms. The number of Topliss-reactive ketones (excluding diaryl/α,β-unsaturated/α-hetero) is 1. The van der Waals surface area contributed by atoms with Crippen LogP contribution in [0.3, 0.4) is 0 Å². The number of rotatable bonds is 4. The van der Waals surface area contributed by atoms with Crippen molar-refractivity contribution < 1.29 is 14.3 Å². The van der Waals surface area contributed by atoms with E-state index >= 15 is 0 Å². The molecule has 0 aromatic heterocycles. The second-order valence-electron chi connectivity index (χ2n) is 4.25. The van der Waals surface area contributed by atoms with Crippen molar-refractivity contribution in [2.45, 2.75) is 6.92 Å². The van der Waals surface area contributed by atoms with Crippen molar-refractivity contribution in [3.8, 4) is 11.5 Å². The number of aryl methyl sites for hydroxylation is 1. The molecule has 0 aliphatic heterocycles. The van der Waals surface area contributed by atoms with Gasteiger partial charge in [0.2, 0.25) is 0 Å². The number of halogens is 1. The molecule has 0 saturated carbocycles. The van der Waals surface area contributed by atoms with Crippen LogP contribution in [0.5, 0.6) is 11.5 Å². The molecule has 0 unspecified atom stereocenters. The standard InChI is InChI=1S/C15H15ClO3/c1-9-6-14(18-2)12-7-10(13(17)8-16)4-5-11(12)15(9)19-3/h4-7H,8H2,1-3H3. The van der Waals surface area contributed by atoms with E-state index in [1.807, 2.05) is 19.1 Å². The first-order valence-electron chi connectivity index (χ1n) is 5.87. The molecule has 2 aromatic carbocycles. The number of alkyl halides is 1. The van der Waals surface area contributed by atoms with Gasteiger partial charge in [0.25, 0.3) is 0 Å². The summed E-state index contributed by atoms with van der Waals surface area (Å²) in [5.74, 6) is 1.37. The lowest BCUT2D eigenvalue weighted by Gasteiger charge is -2.13. The molecule has 3 nitrogen and oxygen atoms in total. The third kappa shape index (κ3) is 2.38. The average Bonchev–Trinajstić information content (AvgIpc) is 2.45. The molecule has 0 aliphatic carbocycles. The maximum atomic E-state index is 11.7. The van der Waals surface area contributed by atoms with Gasteiger partial charge in [0.1, 0.15) is 11.5 Å². The Morgan fingerprint density at radius 3 is 2.47 bits per heavy atom. The maximum absolute atomic E-state index is 11.7. The van der Waals surface area contributed by atoms with Crippen LogP contribution in [0.2, 0.25) is 0 Å². The predicted molar refractivity (Wildman–Crippen MR) is 76.8 cm³/mol. The van der Waals surface area contributed by atoms with E-state index in [9.17, 15) is 4.79 Å². The highest BCUT2D eigenvalue weighted by Crippen LogP contribution is 2.36. The van der Waals surface area contributed by atoms with E-state index in [0.29, 0.717) is 5.56 Å². The molecule has 100 valence electrons. The molecule has 0 amide bonds. The molecule has 2 rings (SSSR count). The number of ketones is 1. The highest BCUT2D eigenvalue weighted by Gasteiger charge is 2.13. The number of carbonyl (C=O) groups is 1. The monoisotopic (exact) mass is 278 g/mol. The van der Waals surface area contributed by atoms with Crippen LogP contribution in [0.4, 0.5) is 0 Å². The summed E-state index contributed by atoms with van der Waals surface area (Å²) in [6.45, 7) is 1.96. The molecule has 0 spiro atoms. The summed E-state index contributed by atoms with van der Waals surface area (Å²) in [6.07, 6.45) is 0.